The van der Waals surface area contributed by atoms with Gasteiger partial charge in [0.25, 0.3) is 5.95 Å². The van der Waals surface area contributed by atoms with Crippen LogP contribution in [0.15, 0.2) is 12.0 Å². The number of hydrogen-bond donors (Lipinski definition) is 0. The fourth-order valence-electron chi connectivity index (χ4n) is 0.871. The summed E-state index contributed by atoms with van der Waals surface area (Å²) in [4.78, 5) is 11.3. The van der Waals surface area contributed by atoms with Crippen LogP contribution in [0.25, 0.3) is 0 Å². The lowest BCUT2D eigenvalue weighted by molar-refractivity contribution is -0.138. The molecule has 0 heterocycles. The molecule has 0 N–H and O–H groups in total. The second kappa shape index (κ2) is 10.3. The minimum atomic E-state index is -0.413. The van der Waals surface area contributed by atoms with Gasteiger partial charge in [0.2, 0.25) is 0 Å². The first-order valence-corrected chi connectivity index (χ1v) is 5.88. The Morgan fingerprint density at radius 3 is 1.75 bits per heavy atom. The highest BCUT2D eigenvalue weighted by atomic mass is 16.7. The lowest BCUT2D eigenvalue weighted by atomic mass is 10.5. The molecule has 16 heavy (non-hydrogen) atoms. The molecule has 0 rings (SSSR count). The van der Waals surface area contributed by atoms with Gasteiger partial charge in [-0.3, -0.25) is 0 Å². The molecule has 0 aliphatic heterocycles. The summed E-state index contributed by atoms with van der Waals surface area (Å²) in [5, 5.41) is 0. The van der Waals surface area contributed by atoms with Crippen LogP contribution in [-0.2, 0) is 19.0 Å². The maximum Gasteiger partial charge on any atom is 0.337 e. The van der Waals surface area contributed by atoms with Crippen molar-refractivity contribution in [3.8, 4) is 0 Å². The number of rotatable bonds is 9. The summed E-state index contributed by atoms with van der Waals surface area (Å²) in [6.45, 7) is 7.43. The number of hydrogen-bond acceptors (Lipinski definition) is 4. The predicted octanol–water partition coefficient (Wildman–Crippen LogP) is 2.63. The Labute approximate surface area is 97.6 Å². The average Bonchev–Trinajstić information content (AvgIpc) is 2.30. The molecule has 0 aliphatic carbocycles. The van der Waals surface area contributed by atoms with E-state index in [0.717, 1.165) is 19.3 Å². The highest BCUT2D eigenvalue weighted by Gasteiger charge is 2.05. The monoisotopic (exact) mass is 230 g/mol. The van der Waals surface area contributed by atoms with Crippen molar-refractivity contribution in [3.05, 3.63) is 12.0 Å². The van der Waals surface area contributed by atoms with E-state index < -0.39 is 5.97 Å². The zero-order valence-electron chi connectivity index (χ0n) is 10.5. The first-order valence-electron chi connectivity index (χ1n) is 5.88. The Kier molecular flexibility index (Phi) is 9.56. The van der Waals surface area contributed by atoms with Crippen molar-refractivity contribution >= 4 is 5.97 Å². The average molecular weight is 230 g/mol. The Bertz CT molecular complexity index is 201. The molecule has 0 amide bonds. The largest absolute Gasteiger partial charge is 0.465 e. The quantitative estimate of drug-likeness (QED) is 0.347. The zero-order chi connectivity index (χ0) is 12.2. The van der Waals surface area contributed by atoms with E-state index in [9.17, 15) is 4.79 Å². The second-order valence-corrected chi connectivity index (χ2v) is 3.33. The minimum absolute atomic E-state index is 0.254. The molecule has 0 unspecified atom stereocenters. The molecular formula is C12H22O4. The molecule has 0 atom stereocenters. The van der Waals surface area contributed by atoms with Crippen molar-refractivity contribution in [3.63, 3.8) is 0 Å². The van der Waals surface area contributed by atoms with Crippen LogP contribution in [0.4, 0.5) is 0 Å². The van der Waals surface area contributed by atoms with Crippen molar-refractivity contribution in [2.24, 2.45) is 0 Å². The number of ether oxygens (including phenoxy) is 3. The van der Waals surface area contributed by atoms with Gasteiger partial charge < -0.3 is 14.2 Å². The van der Waals surface area contributed by atoms with E-state index in [2.05, 4.69) is 0 Å². The molecule has 0 aromatic heterocycles. The van der Waals surface area contributed by atoms with Gasteiger partial charge in [-0.05, 0) is 19.3 Å². The Morgan fingerprint density at radius 1 is 0.875 bits per heavy atom. The van der Waals surface area contributed by atoms with Crippen molar-refractivity contribution < 1.29 is 19.0 Å². The fourth-order valence-corrected chi connectivity index (χ4v) is 0.871. The van der Waals surface area contributed by atoms with Crippen LogP contribution < -0.4 is 0 Å². The molecule has 0 spiro atoms. The third-order valence-electron chi connectivity index (χ3n) is 1.58. The van der Waals surface area contributed by atoms with E-state index in [1.807, 2.05) is 20.8 Å². The summed E-state index contributed by atoms with van der Waals surface area (Å²) >= 11 is 0. The van der Waals surface area contributed by atoms with Crippen LogP contribution in [0.1, 0.15) is 40.0 Å². The van der Waals surface area contributed by atoms with E-state index in [1.54, 1.807) is 0 Å². The minimum Gasteiger partial charge on any atom is -0.465 e. The van der Waals surface area contributed by atoms with E-state index >= 15 is 0 Å². The van der Waals surface area contributed by atoms with Crippen LogP contribution in [0.3, 0.4) is 0 Å². The first-order chi connectivity index (χ1) is 7.74. The molecule has 4 nitrogen and oxygen atoms in total. The highest BCUT2D eigenvalue weighted by molar-refractivity contribution is 5.82. The van der Waals surface area contributed by atoms with Gasteiger partial charge in [0.1, 0.15) is 6.08 Å². The zero-order valence-corrected chi connectivity index (χ0v) is 10.5. The third kappa shape index (κ3) is 8.15. The molecule has 0 saturated carbocycles. The highest BCUT2D eigenvalue weighted by Crippen LogP contribution is 2.03. The summed E-state index contributed by atoms with van der Waals surface area (Å²) in [7, 11) is 0. The predicted molar refractivity (Wildman–Crippen MR) is 61.8 cm³/mol. The molecule has 0 bridgehead atoms. The SMILES string of the molecule is CCCOC(=O)C=C(OCCC)OCCC. The molecule has 0 aromatic rings. The van der Waals surface area contributed by atoms with E-state index in [-0.39, 0.29) is 5.95 Å². The molecule has 0 fully saturated rings. The molecule has 0 aromatic carbocycles. The summed E-state index contributed by atoms with van der Waals surface area (Å²) in [6.07, 6.45) is 3.81. The molecule has 0 aliphatic rings. The lowest BCUT2D eigenvalue weighted by Gasteiger charge is -2.10. The molecule has 94 valence electrons. The van der Waals surface area contributed by atoms with Gasteiger partial charge in [0, 0.05) is 0 Å². The Hall–Kier alpha value is -1.19. The van der Waals surface area contributed by atoms with Crippen LogP contribution in [-0.4, -0.2) is 25.8 Å². The van der Waals surface area contributed by atoms with Crippen molar-refractivity contribution in [2.45, 2.75) is 40.0 Å². The van der Waals surface area contributed by atoms with Gasteiger partial charge in [-0.2, -0.15) is 0 Å². The Morgan fingerprint density at radius 2 is 1.31 bits per heavy atom. The summed E-state index contributed by atoms with van der Waals surface area (Å²) < 4.78 is 15.5. The Balaban J connectivity index is 4.11. The topological polar surface area (TPSA) is 44.8 Å². The number of esters is 1. The normalized spacial score (nSPS) is 9.44. The van der Waals surface area contributed by atoms with Crippen molar-refractivity contribution in [1.29, 1.82) is 0 Å². The summed E-state index contributed by atoms with van der Waals surface area (Å²) in [5.41, 5.74) is 0. The lowest BCUT2D eigenvalue weighted by Crippen LogP contribution is -2.07. The summed E-state index contributed by atoms with van der Waals surface area (Å²) in [5.74, 6) is -0.158. The van der Waals surface area contributed by atoms with Gasteiger partial charge >= 0.3 is 5.97 Å². The van der Waals surface area contributed by atoms with Crippen LogP contribution in [0.2, 0.25) is 0 Å². The van der Waals surface area contributed by atoms with E-state index in [1.165, 1.54) is 6.08 Å². The molecular weight excluding hydrogens is 208 g/mol. The maximum absolute atomic E-state index is 11.3. The first kappa shape index (κ1) is 14.8. The van der Waals surface area contributed by atoms with Crippen molar-refractivity contribution in [1.82, 2.24) is 0 Å². The second-order valence-electron chi connectivity index (χ2n) is 3.33. The molecule has 0 radical (unpaired) electrons. The van der Waals surface area contributed by atoms with Gasteiger partial charge in [-0.25, -0.2) is 4.79 Å². The van der Waals surface area contributed by atoms with Gasteiger partial charge in [0.15, 0.2) is 0 Å². The summed E-state index contributed by atoms with van der Waals surface area (Å²) in [6, 6.07) is 0. The maximum atomic E-state index is 11.3. The van der Waals surface area contributed by atoms with Crippen LogP contribution in [0.5, 0.6) is 0 Å². The number of carbonyl (C=O) groups is 1. The number of carbonyl (C=O) groups excluding carboxylic acids is 1. The third-order valence-corrected chi connectivity index (χ3v) is 1.58. The van der Waals surface area contributed by atoms with Crippen molar-refractivity contribution in [2.75, 3.05) is 19.8 Å². The van der Waals surface area contributed by atoms with E-state index in [4.69, 9.17) is 14.2 Å². The van der Waals surface area contributed by atoms with Crippen LogP contribution in [0, 0.1) is 0 Å². The smallest absolute Gasteiger partial charge is 0.337 e. The molecule has 0 saturated heterocycles. The fraction of sp³-hybridized carbons (Fsp3) is 0.750. The standard InChI is InChI=1S/C12H22O4/c1-4-7-14-11(13)10-12(15-8-5-2)16-9-6-3/h10H,4-9H2,1-3H3. The van der Waals surface area contributed by atoms with E-state index in [0.29, 0.717) is 19.8 Å². The van der Waals surface area contributed by atoms with Gasteiger partial charge in [0.05, 0.1) is 19.8 Å². The van der Waals surface area contributed by atoms with Gasteiger partial charge in [-0.15, -0.1) is 0 Å². The molecule has 4 heteroatoms. The van der Waals surface area contributed by atoms with Crippen LogP contribution >= 0.6 is 0 Å². The van der Waals surface area contributed by atoms with Gasteiger partial charge in [-0.1, -0.05) is 20.8 Å².